The summed E-state index contributed by atoms with van der Waals surface area (Å²) in [4.78, 5) is 0. The third kappa shape index (κ3) is 2.65. The molecule has 1 aromatic carbocycles. The Morgan fingerprint density at radius 3 is 2.56 bits per heavy atom. The van der Waals surface area contributed by atoms with E-state index in [4.69, 9.17) is 20.5 Å². The highest BCUT2D eigenvalue weighted by molar-refractivity contribution is 5.45. The van der Waals surface area contributed by atoms with Gasteiger partial charge in [-0.2, -0.15) is 5.26 Å². The second-order valence-electron chi connectivity index (χ2n) is 3.41. The van der Waals surface area contributed by atoms with Gasteiger partial charge in [0.2, 0.25) is 5.88 Å². The van der Waals surface area contributed by atoms with Crippen molar-refractivity contribution in [1.29, 1.82) is 5.26 Å². The lowest BCUT2D eigenvalue weighted by Gasteiger charge is -2.06. The van der Waals surface area contributed by atoms with E-state index in [1.807, 2.05) is 6.07 Å². The van der Waals surface area contributed by atoms with Gasteiger partial charge in [-0.25, -0.2) is 0 Å². The van der Waals surface area contributed by atoms with E-state index in [2.05, 4.69) is 10.2 Å². The van der Waals surface area contributed by atoms with Gasteiger partial charge < -0.3 is 15.2 Å². The quantitative estimate of drug-likeness (QED) is 0.880. The average molecular weight is 242 g/mol. The molecule has 1 heterocycles. The molecule has 2 rings (SSSR count). The highest BCUT2D eigenvalue weighted by atomic mass is 16.5. The van der Waals surface area contributed by atoms with Crippen LogP contribution >= 0.6 is 0 Å². The van der Waals surface area contributed by atoms with Crippen molar-refractivity contribution in [2.75, 3.05) is 12.8 Å². The van der Waals surface area contributed by atoms with Crippen molar-refractivity contribution in [2.24, 2.45) is 0 Å². The first-order valence-electron chi connectivity index (χ1n) is 5.07. The van der Waals surface area contributed by atoms with Gasteiger partial charge >= 0.3 is 0 Å². The Bertz CT molecular complexity index is 590. The van der Waals surface area contributed by atoms with Crippen molar-refractivity contribution in [3.8, 4) is 23.4 Å². The molecule has 0 aliphatic rings. The van der Waals surface area contributed by atoms with Crippen molar-refractivity contribution in [3.63, 3.8) is 0 Å². The maximum absolute atomic E-state index is 8.88. The lowest BCUT2D eigenvalue weighted by molar-refractivity contribution is 0.406. The number of hydrogen-bond donors (Lipinski definition) is 1. The van der Waals surface area contributed by atoms with Gasteiger partial charge in [-0.3, -0.25) is 0 Å². The summed E-state index contributed by atoms with van der Waals surface area (Å²) in [5, 5.41) is 16.3. The summed E-state index contributed by atoms with van der Waals surface area (Å²) in [6, 6.07) is 10.0. The first kappa shape index (κ1) is 11.7. The van der Waals surface area contributed by atoms with Crippen molar-refractivity contribution in [2.45, 2.75) is 0 Å². The van der Waals surface area contributed by atoms with Crippen LogP contribution in [0.5, 0.6) is 17.4 Å². The Labute approximate surface area is 104 Å². The summed E-state index contributed by atoms with van der Waals surface area (Å²) in [6.45, 7) is 0. The largest absolute Gasteiger partial charge is 0.497 e. The third-order valence-electron chi connectivity index (χ3n) is 2.13. The van der Waals surface area contributed by atoms with E-state index < -0.39 is 0 Å². The molecule has 0 amide bonds. The Morgan fingerprint density at radius 2 is 1.94 bits per heavy atom. The number of benzene rings is 1. The molecule has 2 aromatic rings. The maximum Gasteiger partial charge on any atom is 0.238 e. The van der Waals surface area contributed by atoms with Gasteiger partial charge in [0.05, 0.1) is 18.7 Å². The number of methoxy groups -OCH3 is 1. The van der Waals surface area contributed by atoms with E-state index in [0.29, 0.717) is 28.8 Å². The van der Waals surface area contributed by atoms with Crippen LogP contribution in [0.25, 0.3) is 0 Å². The van der Waals surface area contributed by atoms with Crippen LogP contribution in [0, 0.1) is 11.3 Å². The Kier molecular flexibility index (Phi) is 3.25. The molecule has 6 nitrogen and oxygen atoms in total. The first-order valence-corrected chi connectivity index (χ1v) is 5.07. The van der Waals surface area contributed by atoms with Crippen molar-refractivity contribution < 1.29 is 9.47 Å². The Morgan fingerprint density at radius 1 is 1.17 bits per heavy atom. The second kappa shape index (κ2) is 5.01. The second-order valence-corrected chi connectivity index (χ2v) is 3.41. The molecule has 0 spiro atoms. The van der Waals surface area contributed by atoms with Crippen LogP contribution in [0.3, 0.4) is 0 Å². The van der Waals surface area contributed by atoms with Gasteiger partial charge in [0.25, 0.3) is 0 Å². The summed E-state index contributed by atoms with van der Waals surface area (Å²) < 4.78 is 10.5. The predicted octanol–water partition coefficient (Wildman–Crippen LogP) is 1.73. The molecule has 0 aliphatic carbocycles. The van der Waals surface area contributed by atoms with Gasteiger partial charge in [0, 0.05) is 12.1 Å². The van der Waals surface area contributed by atoms with Crippen LogP contribution in [-0.4, -0.2) is 17.3 Å². The summed E-state index contributed by atoms with van der Waals surface area (Å²) in [5.74, 6) is 1.59. The molecule has 0 saturated heterocycles. The molecule has 0 radical (unpaired) electrons. The minimum absolute atomic E-state index is 0.293. The number of nitriles is 1. The van der Waals surface area contributed by atoms with Crippen LogP contribution in [0.15, 0.2) is 30.3 Å². The number of aromatic nitrogens is 2. The SMILES string of the molecule is COc1cc(C#N)cc(Oc2ccc(N)nn2)c1. The van der Waals surface area contributed by atoms with Crippen molar-refractivity contribution in [3.05, 3.63) is 35.9 Å². The lowest BCUT2D eigenvalue weighted by Crippen LogP contribution is -1.95. The average Bonchev–Trinajstić information content (AvgIpc) is 2.41. The lowest BCUT2D eigenvalue weighted by atomic mass is 10.2. The fourth-order valence-corrected chi connectivity index (χ4v) is 1.32. The third-order valence-corrected chi connectivity index (χ3v) is 2.13. The van der Waals surface area contributed by atoms with E-state index in [1.165, 1.54) is 7.11 Å². The van der Waals surface area contributed by atoms with E-state index in [-0.39, 0.29) is 0 Å². The Balaban J connectivity index is 2.28. The number of hydrogen-bond acceptors (Lipinski definition) is 6. The van der Waals surface area contributed by atoms with E-state index in [0.717, 1.165) is 0 Å². The zero-order valence-electron chi connectivity index (χ0n) is 9.62. The number of rotatable bonds is 3. The van der Waals surface area contributed by atoms with Crippen molar-refractivity contribution >= 4 is 5.82 Å². The highest BCUT2D eigenvalue weighted by Gasteiger charge is 2.04. The standard InChI is InChI=1S/C12H10N4O2/c1-17-9-4-8(7-13)5-10(6-9)18-12-3-2-11(14)15-16-12/h2-6H,1H3,(H2,14,15). The number of anilines is 1. The predicted molar refractivity (Wildman–Crippen MR) is 64.2 cm³/mol. The monoisotopic (exact) mass is 242 g/mol. The molecule has 90 valence electrons. The summed E-state index contributed by atoms with van der Waals surface area (Å²) in [5.41, 5.74) is 5.86. The minimum atomic E-state index is 0.293. The van der Waals surface area contributed by atoms with Crippen LogP contribution in [0.4, 0.5) is 5.82 Å². The molecule has 0 fully saturated rings. The normalized spacial score (nSPS) is 9.56. The Hall–Kier alpha value is -2.81. The van der Waals surface area contributed by atoms with Crippen molar-refractivity contribution in [1.82, 2.24) is 10.2 Å². The number of nitrogens with two attached hydrogens (primary N) is 1. The van der Waals surface area contributed by atoms with Crippen LogP contribution in [0.1, 0.15) is 5.56 Å². The number of ether oxygens (including phenoxy) is 2. The molecular weight excluding hydrogens is 232 g/mol. The fourth-order valence-electron chi connectivity index (χ4n) is 1.32. The van der Waals surface area contributed by atoms with E-state index in [9.17, 15) is 0 Å². The molecule has 0 saturated carbocycles. The summed E-state index contributed by atoms with van der Waals surface area (Å²) >= 11 is 0. The molecule has 0 unspecified atom stereocenters. The molecule has 2 N–H and O–H groups in total. The highest BCUT2D eigenvalue weighted by Crippen LogP contribution is 2.25. The van der Waals surface area contributed by atoms with Gasteiger partial charge in [-0.15, -0.1) is 10.2 Å². The maximum atomic E-state index is 8.88. The number of nitrogens with zero attached hydrogens (tertiary/aromatic N) is 3. The zero-order chi connectivity index (χ0) is 13.0. The van der Waals surface area contributed by atoms with Gasteiger partial charge in [-0.05, 0) is 18.2 Å². The first-order chi connectivity index (χ1) is 8.71. The van der Waals surface area contributed by atoms with E-state index >= 15 is 0 Å². The van der Waals surface area contributed by atoms with Crippen LogP contribution in [0.2, 0.25) is 0 Å². The summed E-state index contributed by atoms with van der Waals surface area (Å²) in [6.07, 6.45) is 0. The molecule has 18 heavy (non-hydrogen) atoms. The van der Waals surface area contributed by atoms with Crippen LogP contribution in [-0.2, 0) is 0 Å². The molecule has 0 atom stereocenters. The molecular formula is C12H10N4O2. The van der Waals surface area contributed by atoms with Crippen LogP contribution < -0.4 is 15.2 Å². The van der Waals surface area contributed by atoms with Gasteiger partial charge in [-0.1, -0.05) is 0 Å². The minimum Gasteiger partial charge on any atom is -0.497 e. The topological polar surface area (TPSA) is 94.0 Å². The number of nitrogen functional groups attached to an aromatic ring is 1. The molecule has 1 aromatic heterocycles. The van der Waals surface area contributed by atoms with E-state index in [1.54, 1.807) is 30.3 Å². The molecule has 0 bridgehead atoms. The smallest absolute Gasteiger partial charge is 0.238 e. The van der Waals surface area contributed by atoms with Gasteiger partial charge in [0.1, 0.15) is 17.3 Å². The fraction of sp³-hybridized carbons (Fsp3) is 0.0833. The zero-order valence-corrected chi connectivity index (χ0v) is 9.62. The summed E-state index contributed by atoms with van der Waals surface area (Å²) in [7, 11) is 1.52. The molecule has 6 heteroatoms. The van der Waals surface area contributed by atoms with Gasteiger partial charge in [0.15, 0.2) is 0 Å². The molecule has 0 aliphatic heterocycles.